The number of para-hydroxylation sites is 1. The third kappa shape index (κ3) is 2.07. The van der Waals surface area contributed by atoms with Crippen LogP contribution in [0.15, 0.2) is 36.4 Å². The molecule has 3 atom stereocenters. The number of allylic oxidation sites excluding steroid dienone is 1. The van der Waals surface area contributed by atoms with E-state index in [1.165, 1.54) is 23.8 Å². The number of nitrogens with one attached hydrogen (secondary N) is 1. The first-order chi connectivity index (χ1) is 12.6. The van der Waals surface area contributed by atoms with Crippen molar-refractivity contribution in [3.05, 3.63) is 47.7 Å². The maximum Gasteiger partial charge on any atom is 0.316 e. The maximum atomic E-state index is 12.8. The highest BCUT2D eigenvalue weighted by Crippen LogP contribution is 2.52. The third-order valence-corrected chi connectivity index (χ3v) is 6.56. The minimum Gasteiger partial charge on any atom is -0.468 e. The molecule has 5 rings (SSSR count). The number of carbonyl (C=O) groups is 2. The van der Waals surface area contributed by atoms with Gasteiger partial charge in [-0.3, -0.25) is 14.5 Å². The van der Waals surface area contributed by atoms with Gasteiger partial charge in [0.15, 0.2) is 5.78 Å². The lowest BCUT2D eigenvalue weighted by Crippen LogP contribution is -2.55. The van der Waals surface area contributed by atoms with Gasteiger partial charge in [-0.1, -0.05) is 24.3 Å². The van der Waals surface area contributed by atoms with E-state index in [9.17, 15) is 9.59 Å². The first-order valence-corrected chi connectivity index (χ1v) is 9.26. The molecule has 1 N–H and O–H groups in total. The Kier molecular flexibility index (Phi) is 3.38. The molecule has 5 nitrogen and oxygen atoms in total. The molecule has 134 valence electrons. The number of piperidine rings is 1. The number of H-pyrrole nitrogens is 1. The molecule has 5 heteroatoms. The van der Waals surface area contributed by atoms with Crippen LogP contribution in [0.4, 0.5) is 0 Å². The van der Waals surface area contributed by atoms with E-state index >= 15 is 0 Å². The van der Waals surface area contributed by atoms with Crippen molar-refractivity contribution < 1.29 is 14.3 Å². The Morgan fingerprint density at radius 3 is 3.04 bits per heavy atom. The van der Waals surface area contributed by atoms with Crippen LogP contribution >= 0.6 is 0 Å². The molecule has 0 saturated carbocycles. The Balaban J connectivity index is 1.62. The summed E-state index contributed by atoms with van der Waals surface area (Å²) in [6, 6.07) is 8.55. The second-order valence-electron chi connectivity index (χ2n) is 7.76. The summed E-state index contributed by atoms with van der Waals surface area (Å²) in [6.45, 7) is 1.72. The quantitative estimate of drug-likeness (QED) is 0.804. The predicted octanol–water partition coefficient (Wildman–Crippen LogP) is 2.78. The number of ketones is 1. The van der Waals surface area contributed by atoms with Crippen molar-refractivity contribution in [2.75, 3.05) is 20.2 Å². The van der Waals surface area contributed by atoms with Crippen LogP contribution in [0, 0.1) is 11.3 Å². The SMILES string of the molecule is COC(=O)[C@@]12C=CC(=O)C[C@@H]1CN1CCc3c([nH]c4ccccc34)[C@@H]1C2. The van der Waals surface area contributed by atoms with E-state index in [0.717, 1.165) is 25.0 Å². The summed E-state index contributed by atoms with van der Waals surface area (Å²) >= 11 is 0. The van der Waals surface area contributed by atoms with Crippen molar-refractivity contribution in [2.45, 2.75) is 25.3 Å². The molecule has 0 bridgehead atoms. The largest absolute Gasteiger partial charge is 0.468 e. The molecule has 0 radical (unpaired) electrons. The van der Waals surface area contributed by atoms with Gasteiger partial charge in [0.1, 0.15) is 0 Å². The van der Waals surface area contributed by atoms with E-state index in [4.69, 9.17) is 4.74 Å². The van der Waals surface area contributed by atoms with Crippen LogP contribution in [-0.2, 0) is 20.7 Å². The van der Waals surface area contributed by atoms with Gasteiger partial charge in [-0.15, -0.1) is 0 Å². The third-order valence-electron chi connectivity index (χ3n) is 6.56. The average molecular weight is 350 g/mol. The molecule has 2 aliphatic heterocycles. The van der Waals surface area contributed by atoms with Crippen molar-refractivity contribution in [3.63, 3.8) is 0 Å². The number of hydrogen-bond donors (Lipinski definition) is 1. The van der Waals surface area contributed by atoms with Gasteiger partial charge in [-0.25, -0.2) is 0 Å². The summed E-state index contributed by atoms with van der Waals surface area (Å²) in [6.07, 6.45) is 5.49. The number of rotatable bonds is 1. The van der Waals surface area contributed by atoms with Crippen molar-refractivity contribution >= 4 is 22.7 Å². The fraction of sp³-hybridized carbons (Fsp3) is 0.429. The van der Waals surface area contributed by atoms with Crippen molar-refractivity contribution in [1.82, 2.24) is 9.88 Å². The standard InChI is InChI=1S/C21H22N2O3/c1-26-20(25)21-8-6-14(24)10-13(21)12-23-9-7-16-15-4-2-3-5-17(15)22-19(16)18(23)11-21/h2-6,8,13,18,22H,7,9-12H2,1H3/t13-,18+,21-/m1/s1. The van der Waals surface area contributed by atoms with Gasteiger partial charge in [0.2, 0.25) is 0 Å². The number of methoxy groups -OCH3 is 1. The van der Waals surface area contributed by atoms with Crippen molar-refractivity contribution in [2.24, 2.45) is 11.3 Å². The lowest BCUT2D eigenvalue weighted by atomic mass is 9.62. The number of ether oxygens (including phenoxy) is 1. The second-order valence-corrected chi connectivity index (χ2v) is 7.76. The Hall–Kier alpha value is -2.40. The number of fused-ring (bicyclic) bond motifs is 6. The Labute approximate surface area is 152 Å². The molecule has 1 aromatic carbocycles. The highest BCUT2D eigenvalue weighted by molar-refractivity contribution is 5.94. The van der Waals surface area contributed by atoms with E-state index in [1.807, 2.05) is 12.1 Å². The zero-order valence-corrected chi connectivity index (χ0v) is 14.8. The molecule has 0 spiro atoms. The maximum absolute atomic E-state index is 12.8. The highest BCUT2D eigenvalue weighted by Gasteiger charge is 2.54. The first kappa shape index (κ1) is 15.8. The first-order valence-electron chi connectivity index (χ1n) is 9.26. The number of benzene rings is 1. The van der Waals surface area contributed by atoms with E-state index in [1.54, 1.807) is 6.08 Å². The highest BCUT2D eigenvalue weighted by atomic mass is 16.5. The van der Waals surface area contributed by atoms with E-state index in [0.29, 0.717) is 12.8 Å². The summed E-state index contributed by atoms with van der Waals surface area (Å²) < 4.78 is 5.18. The zero-order valence-electron chi connectivity index (χ0n) is 14.8. The molecular weight excluding hydrogens is 328 g/mol. The van der Waals surface area contributed by atoms with Crippen LogP contribution < -0.4 is 0 Å². The number of esters is 1. The van der Waals surface area contributed by atoms with Crippen molar-refractivity contribution in [3.8, 4) is 0 Å². The minimum absolute atomic E-state index is 0.00497. The van der Waals surface area contributed by atoms with Crippen LogP contribution in [0.3, 0.4) is 0 Å². The van der Waals surface area contributed by atoms with Gasteiger partial charge in [0.25, 0.3) is 0 Å². The van der Waals surface area contributed by atoms with Gasteiger partial charge in [-0.2, -0.15) is 0 Å². The van der Waals surface area contributed by atoms with Gasteiger partial charge in [-0.05, 0) is 36.5 Å². The summed E-state index contributed by atoms with van der Waals surface area (Å²) in [5, 5.41) is 1.28. The molecule has 2 aromatic rings. The fourth-order valence-electron chi connectivity index (χ4n) is 5.26. The lowest BCUT2D eigenvalue weighted by molar-refractivity contribution is -0.159. The average Bonchev–Trinajstić information content (AvgIpc) is 3.05. The summed E-state index contributed by atoms with van der Waals surface area (Å²) in [5.41, 5.74) is 3.05. The van der Waals surface area contributed by atoms with Crippen LogP contribution in [0.5, 0.6) is 0 Å². The van der Waals surface area contributed by atoms with Crippen LogP contribution in [0.25, 0.3) is 10.9 Å². The van der Waals surface area contributed by atoms with E-state index < -0.39 is 5.41 Å². The van der Waals surface area contributed by atoms with Gasteiger partial charge in [0.05, 0.1) is 18.6 Å². The molecule has 26 heavy (non-hydrogen) atoms. The van der Waals surface area contributed by atoms with Crippen LogP contribution in [0.2, 0.25) is 0 Å². The lowest BCUT2D eigenvalue weighted by Gasteiger charge is -2.51. The molecule has 1 saturated heterocycles. The molecule has 3 heterocycles. The predicted molar refractivity (Wildman–Crippen MR) is 97.6 cm³/mol. The van der Waals surface area contributed by atoms with Gasteiger partial charge >= 0.3 is 5.97 Å². The number of hydrogen-bond acceptors (Lipinski definition) is 4. The second kappa shape index (κ2) is 5.55. The molecule has 1 fully saturated rings. The summed E-state index contributed by atoms with van der Waals surface area (Å²) in [7, 11) is 1.44. The summed E-state index contributed by atoms with van der Waals surface area (Å²) in [5.74, 6) is -0.111. The number of carbonyl (C=O) groups excluding carboxylic acids is 2. The Bertz CT molecular complexity index is 944. The number of aromatic amines is 1. The normalized spacial score (nSPS) is 30.6. The molecule has 1 aromatic heterocycles. The Morgan fingerprint density at radius 1 is 1.35 bits per heavy atom. The van der Waals surface area contributed by atoms with Crippen LogP contribution in [0.1, 0.15) is 30.1 Å². The minimum atomic E-state index is -0.699. The molecular formula is C21H22N2O3. The monoisotopic (exact) mass is 350 g/mol. The molecule has 1 aliphatic carbocycles. The smallest absolute Gasteiger partial charge is 0.316 e. The molecule has 0 amide bonds. The van der Waals surface area contributed by atoms with Gasteiger partial charge in [0, 0.05) is 36.1 Å². The van der Waals surface area contributed by atoms with E-state index in [-0.39, 0.29) is 23.7 Å². The topological polar surface area (TPSA) is 62.4 Å². The van der Waals surface area contributed by atoms with Crippen LogP contribution in [-0.4, -0.2) is 41.8 Å². The Morgan fingerprint density at radius 2 is 2.19 bits per heavy atom. The fourth-order valence-corrected chi connectivity index (χ4v) is 5.26. The molecule has 0 unspecified atom stereocenters. The van der Waals surface area contributed by atoms with Gasteiger partial charge < -0.3 is 9.72 Å². The number of nitrogens with zero attached hydrogens (tertiary/aromatic N) is 1. The summed E-state index contributed by atoms with van der Waals surface area (Å²) in [4.78, 5) is 30.8. The van der Waals surface area contributed by atoms with E-state index in [2.05, 4.69) is 28.1 Å². The zero-order chi connectivity index (χ0) is 17.9. The molecule has 3 aliphatic rings. The van der Waals surface area contributed by atoms with Crippen molar-refractivity contribution in [1.29, 1.82) is 0 Å². The number of aromatic nitrogens is 1.